The third-order valence-electron chi connectivity index (χ3n) is 2.61. The Kier molecular flexibility index (Phi) is 2.54. The molecule has 14 heavy (non-hydrogen) atoms. The molecule has 4 heteroatoms. The fourth-order valence-electron chi connectivity index (χ4n) is 1.91. The summed E-state index contributed by atoms with van der Waals surface area (Å²) in [5, 5.41) is 9.13. The zero-order valence-electron chi connectivity index (χ0n) is 7.80. The van der Waals surface area contributed by atoms with Gasteiger partial charge >= 0.3 is 5.97 Å². The first-order chi connectivity index (χ1) is 6.79. The van der Waals surface area contributed by atoms with Crippen molar-refractivity contribution in [3.8, 4) is 0 Å². The average molecular weight is 195 g/mol. The van der Waals surface area contributed by atoms with E-state index in [9.17, 15) is 4.79 Å². The van der Waals surface area contributed by atoms with Crippen molar-refractivity contribution in [2.75, 3.05) is 13.2 Å². The van der Waals surface area contributed by atoms with E-state index in [0.29, 0.717) is 13.2 Å². The van der Waals surface area contributed by atoms with Crippen molar-refractivity contribution in [3.05, 3.63) is 24.5 Å². The standard InChI is InChI=1S/C10H13NO3/c12-10(13)9(8-3-6-14-7-8)11-4-1-2-5-11/h1-2,4-5,8-9H,3,6-7H2,(H,12,13)/t8-,9+/m0/s1. The smallest absolute Gasteiger partial charge is 0.327 e. The zero-order chi connectivity index (χ0) is 9.97. The van der Waals surface area contributed by atoms with Crippen molar-refractivity contribution in [2.45, 2.75) is 12.5 Å². The van der Waals surface area contributed by atoms with E-state index in [4.69, 9.17) is 9.84 Å². The third kappa shape index (κ3) is 1.65. The van der Waals surface area contributed by atoms with Crippen molar-refractivity contribution in [1.82, 2.24) is 4.57 Å². The van der Waals surface area contributed by atoms with Crippen molar-refractivity contribution < 1.29 is 14.6 Å². The van der Waals surface area contributed by atoms with Crippen LogP contribution >= 0.6 is 0 Å². The number of nitrogens with zero attached hydrogens (tertiary/aromatic N) is 1. The molecule has 2 heterocycles. The van der Waals surface area contributed by atoms with Crippen LogP contribution < -0.4 is 0 Å². The van der Waals surface area contributed by atoms with Crippen LogP contribution in [0.2, 0.25) is 0 Å². The molecule has 0 aliphatic carbocycles. The summed E-state index contributed by atoms with van der Waals surface area (Å²) in [6, 6.07) is 3.20. The van der Waals surface area contributed by atoms with Crippen LogP contribution in [0.4, 0.5) is 0 Å². The molecule has 0 saturated carbocycles. The van der Waals surface area contributed by atoms with E-state index in [2.05, 4.69) is 0 Å². The molecule has 1 saturated heterocycles. The second-order valence-electron chi connectivity index (χ2n) is 3.54. The SMILES string of the molecule is O=C(O)[C@@H]([C@H]1CCOC1)n1cccc1. The molecule has 2 atom stereocenters. The van der Waals surface area contributed by atoms with Crippen LogP contribution in [0, 0.1) is 5.92 Å². The maximum atomic E-state index is 11.1. The van der Waals surface area contributed by atoms with Gasteiger partial charge in [-0.2, -0.15) is 0 Å². The molecule has 1 N–H and O–H groups in total. The lowest BCUT2D eigenvalue weighted by Gasteiger charge is -2.19. The summed E-state index contributed by atoms with van der Waals surface area (Å²) in [7, 11) is 0. The molecule has 0 radical (unpaired) electrons. The number of rotatable bonds is 3. The maximum Gasteiger partial charge on any atom is 0.327 e. The van der Waals surface area contributed by atoms with Crippen molar-refractivity contribution in [1.29, 1.82) is 0 Å². The number of carbonyl (C=O) groups is 1. The van der Waals surface area contributed by atoms with Crippen LogP contribution in [0.5, 0.6) is 0 Å². The number of hydrogen-bond donors (Lipinski definition) is 1. The Morgan fingerprint density at radius 3 is 2.71 bits per heavy atom. The second-order valence-corrected chi connectivity index (χ2v) is 3.54. The summed E-state index contributed by atoms with van der Waals surface area (Å²) in [6.07, 6.45) is 4.41. The van der Waals surface area contributed by atoms with Crippen LogP contribution in [0.3, 0.4) is 0 Å². The first kappa shape index (κ1) is 9.27. The minimum Gasteiger partial charge on any atom is -0.480 e. The highest BCUT2D eigenvalue weighted by atomic mass is 16.5. The number of carboxylic acid groups (broad SMARTS) is 1. The molecular weight excluding hydrogens is 182 g/mol. The molecule has 1 fully saturated rings. The minimum absolute atomic E-state index is 0.0971. The van der Waals surface area contributed by atoms with Crippen molar-refractivity contribution >= 4 is 5.97 Å². The van der Waals surface area contributed by atoms with Gasteiger partial charge in [0.2, 0.25) is 0 Å². The average Bonchev–Trinajstić information content (AvgIpc) is 2.75. The number of ether oxygens (including phenoxy) is 1. The Bertz CT molecular complexity index is 301. The van der Waals surface area contributed by atoms with Crippen molar-refractivity contribution in [2.24, 2.45) is 5.92 Å². The van der Waals surface area contributed by atoms with E-state index in [1.807, 2.05) is 12.1 Å². The summed E-state index contributed by atoms with van der Waals surface area (Å²) >= 11 is 0. The predicted molar refractivity (Wildman–Crippen MR) is 50.0 cm³/mol. The molecule has 76 valence electrons. The number of hydrogen-bond acceptors (Lipinski definition) is 2. The minimum atomic E-state index is -0.781. The third-order valence-corrected chi connectivity index (χ3v) is 2.61. The van der Waals surface area contributed by atoms with Crippen LogP contribution in [-0.4, -0.2) is 28.9 Å². The second kappa shape index (κ2) is 3.84. The summed E-state index contributed by atoms with van der Waals surface area (Å²) < 4.78 is 6.95. The molecule has 1 aliphatic rings. The fraction of sp³-hybridized carbons (Fsp3) is 0.500. The highest BCUT2D eigenvalue weighted by Gasteiger charge is 2.31. The van der Waals surface area contributed by atoms with Gasteiger partial charge in [0.25, 0.3) is 0 Å². The summed E-state index contributed by atoms with van der Waals surface area (Å²) in [5.74, 6) is -0.684. The monoisotopic (exact) mass is 195 g/mol. The zero-order valence-corrected chi connectivity index (χ0v) is 7.80. The Balaban J connectivity index is 2.19. The molecule has 0 amide bonds. The molecule has 0 unspecified atom stereocenters. The van der Waals surface area contributed by atoms with Crippen molar-refractivity contribution in [3.63, 3.8) is 0 Å². The number of aromatic nitrogens is 1. The molecule has 2 rings (SSSR count). The molecular formula is C10H13NO3. The quantitative estimate of drug-likeness (QED) is 0.787. The van der Waals surface area contributed by atoms with Gasteiger partial charge in [-0.05, 0) is 18.6 Å². The van der Waals surface area contributed by atoms with E-state index in [1.165, 1.54) is 0 Å². The molecule has 4 nitrogen and oxygen atoms in total. The van der Waals surface area contributed by atoms with E-state index in [0.717, 1.165) is 6.42 Å². The summed E-state index contributed by atoms with van der Waals surface area (Å²) in [6.45, 7) is 1.23. The lowest BCUT2D eigenvalue weighted by molar-refractivity contribution is -0.142. The lowest BCUT2D eigenvalue weighted by Crippen LogP contribution is -2.26. The van der Waals surface area contributed by atoms with Gasteiger partial charge in [-0.3, -0.25) is 0 Å². The molecule has 1 aliphatic heterocycles. The van der Waals surface area contributed by atoms with Gasteiger partial charge in [0.15, 0.2) is 0 Å². The van der Waals surface area contributed by atoms with Gasteiger partial charge in [0, 0.05) is 24.9 Å². The molecule has 0 spiro atoms. The molecule has 0 bridgehead atoms. The summed E-state index contributed by atoms with van der Waals surface area (Å²) in [4.78, 5) is 11.1. The highest BCUT2D eigenvalue weighted by molar-refractivity contribution is 5.72. The highest BCUT2D eigenvalue weighted by Crippen LogP contribution is 2.26. The van der Waals surface area contributed by atoms with Crippen LogP contribution in [0.15, 0.2) is 24.5 Å². The molecule has 1 aromatic heterocycles. The van der Waals surface area contributed by atoms with Gasteiger partial charge < -0.3 is 14.4 Å². The van der Waals surface area contributed by atoms with Gasteiger partial charge in [0.1, 0.15) is 6.04 Å². The normalized spacial score (nSPS) is 23.6. The van der Waals surface area contributed by atoms with Gasteiger partial charge in [-0.25, -0.2) is 4.79 Å². The largest absolute Gasteiger partial charge is 0.480 e. The van der Waals surface area contributed by atoms with Gasteiger partial charge in [0.05, 0.1) is 6.61 Å². The summed E-state index contributed by atoms with van der Waals surface area (Å²) in [5.41, 5.74) is 0. The Labute approximate surface area is 82.1 Å². The van der Waals surface area contributed by atoms with E-state index in [-0.39, 0.29) is 5.92 Å². The predicted octanol–water partition coefficient (Wildman–Crippen LogP) is 1.15. The maximum absolute atomic E-state index is 11.1. The Morgan fingerprint density at radius 1 is 1.50 bits per heavy atom. The van der Waals surface area contributed by atoms with Crippen LogP contribution in [-0.2, 0) is 9.53 Å². The van der Waals surface area contributed by atoms with Gasteiger partial charge in [-0.1, -0.05) is 0 Å². The lowest BCUT2D eigenvalue weighted by atomic mass is 9.99. The first-order valence-electron chi connectivity index (χ1n) is 4.72. The fourth-order valence-corrected chi connectivity index (χ4v) is 1.91. The molecule has 1 aromatic rings. The Hall–Kier alpha value is -1.29. The van der Waals surface area contributed by atoms with E-state index < -0.39 is 12.0 Å². The van der Waals surface area contributed by atoms with Crippen LogP contribution in [0.25, 0.3) is 0 Å². The topological polar surface area (TPSA) is 51.5 Å². The molecule has 0 aromatic carbocycles. The number of aliphatic carboxylic acids is 1. The van der Waals surface area contributed by atoms with E-state index >= 15 is 0 Å². The van der Waals surface area contributed by atoms with Crippen LogP contribution in [0.1, 0.15) is 12.5 Å². The van der Waals surface area contributed by atoms with Gasteiger partial charge in [-0.15, -0.1) is 0 Å². The number of carboxylic acids is 1. The first-order valence-corrected chi connectivity index (χ1v) is 4.72. The van der Waals surface area contributed by atoms with E-state index in [1.54, 1.807) is 17.0 Å². The Morgan fingerprint density at radius 2 is 2.21 bits per heavy atom.